The Balaban J connectivity index is 1.95. The van der Waals surface area contributed by atoms with Crippen LogP contribution >= 0.6 is 0 Å². The van der Waals surface area contributed by atoms with Crippen molar-refractivity contribution >= 4 is 5.69 Å². The van der Waals surface area contributed by atoms with Crippen molar-refractivity contribution in [1.82, 2.24) is 4.90 Å². The lowest BCUT2D eigenvalue weighted by atomic mass is 10.1. The minimum Gasteiger partial charge on any atom is -0.490 e. The van der Waals surface area contributed by atoms with Crippen molar-refractivity contribution in [2.45, 2.75) is 12.8 Å². The molecule has 1 aromatic rings. The molecular formula is C13H20N2O. The third-order valence-electron chi connectivity index (χ3n) is 2.79. The van der Waals surface area contributed by atoms with E-state index in [4.69, 9.17) is 4.74 Å². The summed E-state index contributed by atoms with van der Waals surface area (Å²) in [5, 5.41) is 3.37. The molecule has 1 N–H and O–H groups in total. The number of nitrogens with one attached hydrogen (secondary N) is 1. The molecule has 2 rings (SSSR count). The number of ether oxygens (including phenoxy) is 1. The molecule has 0 spiro atoms. The first-order valence-corrected chi connectivity index (χ1v) is 5.90. The Morgan fingerprint density at radius 1 is 1.38 bits per heavy atom. The monoisotopic (exact) mass is 220 g/mol. The van der Waals surface area contributed by atoms with Crippen molar-refractivity contribution in [3.63, 3.8) is 0 Å². The topological polar surface area (TPSA) is 24.5 Å². The van der Waals surface area contributed by atoms with E-state index in [9.17, 15) is 0 Å². The molecule has 3 nitrogen and oxygen atoms in total. The highest BCUT2D eigenvalue weighted by Crippen LogP contribution is 2.28. The third kappa shape index (κ3) is 2.89. The van der Waals surface area contributed by atoms with Crippen LogP contribution in [0.3, 0.4) is 0 Å². The predicted molar refractivity (Wildman–Crippen MR) is 67.3 cm³/mol. The van der Waals surface area contributed by atoms with E-state index < -0.39 is 0 Å². The fourth-order valence-electron chi connectivity index (χ4n) is 1.94. The van der Waals surface area contributed by atoms with Crippen molar-refractivity contribution in [3.05, 3.63) is 23.8 Å². The second-order valence-electron chi connectivity index (χ2n) is 4.51. The van der Waals surface area contributed by atoms with Gasteiger partial charge < -0.3 is 15.0 Å². The predicted octanol–water partition coefficient (Wildman–Crippen LogP) is 1.99. The summed E-state index contributed by atoms with van der Waals surface area (Å²) >= 11 is 0. The number of fused-ring (bicyclic) bond motifs is 1. The summed E-state index contributed by atoms with van der Waals surface area (Å²) in [7, 11) is 4.23. The molecular weight excluding hydrogens is 200 g/mol. The first-order chi connectivity index (χ1) is 7.75. The molecule has 1 aromatic carbocycles. The number of benzene rings is 1. The molecule has 88 valence electrons. The lowest BCUT2D eigenvalue weighted by molar-refractivity contribution is 0.323. The van der Waals surface area contributed by atoms with E-state index in [0.717, 1.165) is 37.6 Å². The van der Waals surface area contributed by atoms with Crippen molar-refractivity contribution < 1.29 is 4.74 Å². The summed E-state index contributed by atoms with van der Waals surface area (Å²) in [5.41, 5.74) is 2.53. The minimum absolute atomic E-state index is 0.771. The summed E-state index contributed by atoms with van der Waals surface area (Å²) in [4.78, 5) is 2.22. The van der Waals surface area contributed by atoms with Crippen LogP contribution in [0.1, 0.15) is 12.0 Å². The van der Waals surface area contributed by atoms with Gasteiger partial charge in [0.15, 0.2) is 0 Å². The highest BCUT2D eigenvalue weighted by molar-refractivity contribution is 5.59. The lowest BCUT2D eigenvalue weighted by Crippen LogP contribution is -2.18. The molecule has 0 saturated carbocycles. The molecule has 0 saturated heterocycles. The van der Waals surface area contributed by atoms with E-state index in [1.54, 1.807) is 0 Å². The number of anilines is 1. The Bertz CT molecular complexity index is 350. The fraction of sp³-hybridized carbons (Fsp3) is 0.538. The summed E-state index contributed by atoms with van der Waals surface area (Å²) in [6.45, 7) is 2.82. The molecule has 0 bridgehead atoms. The molecule has 3 heteroatoms. The molecule has 1 aliphatic heterocycles. The standard InChI is InChI=1S/C13H20N2O/c1-15(2)8-3-4-11-5-6-13-12(10-11)14-7-9-16-13/h5-6,10,14H,3-4,7-9H2,1-2H3. The van der Waals surface area contributed by atoms with Gasteiger partial charge in [-0.05, 0) is 51.2 Å². The van der Waals surface area contributed by atoms with Crippen molar-refractivity contribution in [3.8, 4) is 5.75 Å². The highest BCUT2D eigenvalue weighted by Gasteiger charge is 2.09. The normalized spacial score (nSPS) is 14.2. The van der Waals surface area contributed by atoms with Crippen LogP contribution in [0.4, 0.5) is 5.69 Å². The molecule has 0 unspecified atom stereocenters. The zero-order valence-corrected chi connectivity index (χ0v) is 10.1. The van der Waals surface area contributed by atoms with Crippen LogP contribution in [0.25, 0.3) is 0 Å². The van der Waals surface area contributed by atoms with Gasteiger partial charge in [-0.25, -0.2) is 0 Å². The van der Waals surface area contributed by atoms with Crippen LogP contribution in [-0.4, -0.2) is 38.7 Å². The van der Waals surface area contributed by atoms with E-state index >= 15 is 0 Å². The maximum atomic E-state index is 5.55. The molecule has 0 amide bonds. The molecule has 0 aliphatic carbocycles. The van der Waals surface area contributed by atoms with E-state index in [0.29, 0.717) is 0 Å². The second-order valence-corrected chi connectivity index (χ2v) is 4.51. The summed E-state index contributed by atoms with van der Waals surface area (Å²) in [6, 6.07) is 6.46. The van der Waals surface area contributed by atoms with Crippen LogP contribution in [0.2, 0.25) is 0 Å². The number of aryl methyl sites for hydroxylation is 1. The molecule has 0 aromatic heterocycles. The minimum atomic E-state index is 0.771. The Kier molecular flexibility index (Phi) is 3.67. The number of hydrogen-bond acceptors (Lipinski definition) is 3. The van der Waals surface area contributed by atoms with Crippen LogP contribution in [-0.2, 0) is 6.42 Å². The quantitative estimate of drug-likeness (QED) is 0.839. The average Bonchev–Trinajstić information content (AvgIpc) is 2.28. The smallest absolute Gasteiger partial charge is 0.142 e. The van der Waals surface area contributed by atoms with Crippen molar-refractivity contribution in [1.29, 1.82) is 0 Å². The fourth-order valence-corrected chi connectivity index (χ4v) is 1.94. The van der Waals surface area contributed by atoms with Gasteiger partial charge in [-0.3, -0.25) is 0 Å². The number of nitrogens with zero attached hydrogens (tertiary/aromatic N) is 1. The Labute approximate surface area is 97.4 Å². The van der Waals surface area contributed by atoms with Gasteiger partial charge in [-0.2, -0.15) is 0 Å². The Morgan fingerprint density at radius 3 is 3.06 bits per heavy atom. The molecule has 0 fully saturated rings. The zero-order valence-electron chi connectivity index (χ0n) is 10.1. The number of rotatable bonds is 4. The Hall–Kier alpha value is -1.22. The maximum absolute atomic E-state index is 5.55. The largest absolute Gasteiger partial charge is 0.490 e. The van der Waals surface area contributed by atoms with Gasteiger partial charge in [0, 0.05) is 6.54 Å². The summed E-state index contributed by atoms with van der Waals surface area (Å²) in [6.07, 6.45) is 2.33. The first kappa shape index (κ1) is 11.3. The van der Waals surface area contributed by atoms with Crippen LogP contribution < -0.4 is 10.1 Å². The molecule has 16 heavy (non-hydrogen) atoms. The van der Waals surface area contributed by atoms with Crippen LogP contribution in [0.15, 0.2) is 18.2 Å². The highest BCUT2D eigenvalue weighted by atomic mass is 16.5. The maximum Gasteiger partial charge on any atom is 0.142 e. The van der Waals surface area contributed by atoms with Gasteiger partial charge in [-0.15, -0.1) is 0 Å². The van der Waals surface area contributed by atoms with Crippen LogP contribution in [0, 0.1) is 0 Å². The third-order valence-corrected chi connectivity index (χ3v) is 2.79. The lowest BCUT2D eigenvalue weighted by Gasteiger charge is -2.19. The number of hydrogen-bond donors (Lipinski definition) is 1. The Morgan fingerprint density at radius 2 is 2.25 bits per heavy atom. The second kappa shape index (κ2) is 5.21. The van der Waals surface area contributed by atoms with E-state index in [1.165, 1.54) is 12.0 Å². The first-order valence-electron chi connectivity index (χ1n) is 5.90. The molecule has 1 aliphatic rings. The average molecular weight is 220 g/mol. The van der Waals surface area contributed by atoms with Gasteiger partial charge in [0.1, 0.15) is 12.4 Å². The van der Waals surface area contributed by atoms with E-state index in [-0.39, 0.29) is 0 Å². The molecule has 0 atom stereocenters. The molecule has 1 heterocycles. The van der Waals surface area contributed by atoms with Gasteiger partial charge in [0.25, 0.3) is 0 Å². The van der Waals surface area contributed by atoms with E-state index in [1.807, 2.05) is 0 Å². The van der Waals surface area contributed by atoms with Crippen LogP contribution in [0.5, 0.6) is 5.75 Å². The van der Waals surface area contributed by atoms with Crippen molar-refractivity contribution in [2.24, 2.45) is 0 Å². The zero-order chi connectivity index (χ0) is 11.4. The van der Waals surface area contributed by atoms with Gasteiger partial charge in [0.2, 0.25) is 0 Å². The SMILES string of the molecule is CN(C)CCCc1ccc2c(c1)NCCO2. The van der Waals surface area contributed by atoms with E-state index in [2.05, 4.69) is 42.5 Å². The van der Waals surface area contributed by atoms with Gasteiger partial charge in [0.05, 0.1) is 5.69 Å². The van der Waals surface area contributed by atoms with Crippen molar-refractivity contribution in [2.75, 3.05) is 39.1 Å². The van der Waals surface area contributed by atoms with Gasteiger partial charge in [-0.1, -0.05) is 6.07 Å². The van der Waals surface area contributed by atoms with Gasteiger partial charge >= 0.3 is 0 Å². The summed E-state index contributed by atoms with van der Waals surface area (Å²) in [5.74, 6) is 0.989. The summed E-state index contributed by atoms with van der Waals surface area (Å²) < 4.78 is 5.55. The molecule has 0 radical (unpaired) electrons.